The van der Waals surface area contributed by atoms with E-state index in [4.69, 9.17) is 0 Å². The molecule has 132 valence electrons. The van der Waals surface area contributed by atoms with Crippen LogP contribution >= 0.6 is 0 Å². The molecule has 0 amide bonds. The van der Waals surface area contributed by atoms with E-state index < -0.39 is 41.8 Å². The zero-order valence-corrected chi connectivity index (χ0v) is 9.20. The molecule has 1 nitrogen and oxygen atoms in total. The van der Waals surface area contributed by atoms with Gasteiger partial charge >= 0.3 is 41.8 Å². The molecule has 1 rings (SSSR count). The summed E-state index contributed by atoms with van der Waals surface area (Å²) in [6.45, 7) is 0. The third-order valence-electron chi connectivity index (χ3n) is 2.66. The number of halogens is 14. The second-order valence-electron chi connectivity index (χ2n) is 4.02. The number of hydrogen-bond acceptors (Lipinski definition) is 1. The first-order valence-corrected chi connectivity index (χ1v) is 4.55. The summed E-state index contributed by atoms with van der Waals surface area (Å²) in [6.07, 6.45) is -21.5. The monoisotopic (exact) mass is 366 g/mol. The molecule has 1 fully saturated rings. The lowest BCUT2D eigenvalue weighted by molar-refractivity contribution is -0.383. The first kappa shape index (κ1) is 19.0. The molecule has 15 heteroatoms. The zero-order chi connectivity index (χ0) is 18.2. The Morgan fingerprint density at radius 1 is 0.591 bits per heavy atom. The molecule has 1 heterocycles. The largest absolute Gasteiger partial charge is 0.460 e. The molecule has 0 aromatic heterocycles. The number of epoxide rings is 1. The predicted molar refractivity (Wildman–Crippen MR) is 35.7 cm³/mol. The Bertz CT molecular complexity index is 439. The zero-order valence-electron chi connectivity index (χ0n) is 9.20. The normalized spacial score (nSPS) is 27.0. The molecule has 1 saturated heterocycles. The Morgan fingerprint density at radius 3 is 1.09 bits per heavy atom. The van der Waals surface area contributed by atoms with Crippen LogP contribution in [0.25, 0.3) is 0 Å². The highest BCUT2D eigenvalue weighted by molar-refractivity contribution is 5.26. The average Bonchev–Trinajstić information content (AvgIpc) is 2.85. The average molecular weight is 366 g/mol. The van der Waals surface area contributed by atoms with Gasteiger partial charge in [0.15, 0.2) is 0 Å². The molecule has 1 atom stereocenters. The van der Waals surface area contributed by atoms with Gasteiger partial charge in [-0.2, -0.15) is 57.1 Å². The van der Waals surface area contributed by atoms with Crippen LogP contribution in [0, 0.1) is 0 Å². The highest BCUT2D eigenvalue weighted by Gasteiger charge is 3.06. The lowest BCUT2D eigenvalue weighted by Gasteiger charge is -2.31. The van der Waals surface area contributed by atoms with E-state index in [1.54, 1.807) is 0 Å². The molecule has 0 spiro atoms. The fourth-order valence-electron chi connectivity index (χ4n) is 1.49. The van der Waals surface area contributed by atoms with Crippen molar-refractivity contribution in [2.24, 2.45) is 0 Å². The van der Waals surface area contributed by atoms with Crippen LogP contribution in [0.2, 0.25) is 0 Å². The minimum absolute atomic E-state index is 2.12. The third-order valence-corrected chi connectivity index (χ3v) is 2.66. The van der Waals surface area contributed by atoms with Crippen molar-refractivity contribution in [1.82, 2.24) is 0 Å². The molecule has 0 N–H and O–H groups in total. The maximum atomic E-state index is 13.2. The maximum Gasteiger partial charge on any atom is 0.460 e. The van der Waals surface area contributed by atoms with E-state index in [9.17, 15) is 61.5 Å². The summed E-state index contributed by atoms with van der Waals surface area (Å²) in [7, 11) is 0. The summed E-state index contributed by atoms with van der Waals surface area (Å²) in [5.74, 6) is -21.8. The Kier molecular flexibility index (Phi) is 3.53. The van der Waals surface area contributed by atoms with Gasteiger partial charge < -0.3 is 4.74 Å². The van der Waals surface area contributed by atoms with Crippen LogP contribution in [-0.2, 0) is 4.74 Å². The molecule has 1 unspecified atom stereocenters. The van der Waals surface area contributed by atoms with E-state index in [-0.39, 0.29) is 0 Å². The fraction of sp³-hybridized carbons (Fsp3) is 1.00. The van der Waals surface area contributed by atoms with Crippen molar-refractivity contribution in [3.63, 3.8) is 0 Å². The van der Waals surface area contributed by atoms with Crippen molar-refractivity contribution < 1.29 is 66.2 Å². The second-order valence-corrected chi connectivity index (χ2v) is 4.02. The summed E-state index contributed by atoms with van der Waals surface area (Å²) in [4.78, 5) is 0. The minimum Gasteiger partial charge on any atom is -0.308 e. The van der Waals surface area contributed by atoms with E-state index in [0.717, 1.165) is 0 Å². The molecule has 0 bridgehead atoms. The van der Waals surface area contributed by atoms with Gasteiger partial charge in [-0.1, -0.05) is 0 Å². The summed E-state index contributed by atoms with van der Waals surface area (Å²) in [5.41, 5.74) is -6.51. The van der Waals surface area contributed by atoms with Gasteiger partial charge in [0.1, 0.15) is 0 Å². The Labute approximate surface area is 109 Å². The van der Waals surface area contributed by atoms with Gasteiger partial charge in [0.2, 0.25) is 0 Å². The van der Waals surface area contributed by atoms with Crippen molar-refractivity contribution in [3.8, 4) is 0 Å². The summed E-state index contributed by atoms with van der Waals surface area (Å²) in [6, 6.07) is 0. The minimum atomic E-state index is -7.56. The third kappa shape index (κ3) is 1.89. The second kappa shape index (κ2) is 4.08. The van der Waals surface area contributed by atoms with E-state index >= 15 is 0 Å². The molecule has 1 aliphatic rings. The number of alkyl halides is 14. The standard InChI is InChI=1S/C7F14O/c8-2(9,3(10,11)7(19,20)21)4(12)1(22-4,5(13,14)15)6(16,17)18. The van der Waals surface area contributed by atoms with Crippen molar-refractivity contribution >= 4 is 0 Å². The smallest absolute Gasteiger partial charge is 0.308 e. The highest BCUT2D eigenvalue weighted by atomic mass is 19.4. The number of rotatable bonds is 2. The van der Waals surface area contributed by atoms with E-state index in [1.165, 1.54) is 0 Å². The number of hydrogen-bond donors (Lipinski definition) is 0. The van der Waals surface area contributed by atoms with Crippen LogP contribution in [-0.4, -0.2) is 41.8 Å². The Balaban J connectivity index is 3.51. The van der Waals surface area contributed by atoms with E-state index in [2.05, 4.69) is 4.74 Å². The molecule has 22 heavy (non-hydrogen) atoms. The van der Waals surface area contributed by atoms with Crippen molar-refractivity contribution in [2.75, 3.05) is 0 Å². The first-order valence-electron chi connectivity index (χ1n) is 4.55. The van der Waals surface area contributed by atoms with Crippen LogP contribution in [0.15, 0.2) is 0 Å². The van der Waals surface area contributed by atoms with Gasteiger partial charge in [0, 0.05) is 0 Å². The van der Waals surface area contributed by atoms with Crippen molar-refractivity contribution in [1.29, 1.82) is 0 Å². The van der Waals surface area contributed by atoms with Crippen LogP contribution in [0.4, 0.5) is 61.5 Å². The van der Waals surface area contributed by atoms with Gasteiger partial charge in [-0.25, -0.2) is 4.39 Å². The Morgan fingerprint density at radius 2 is 0.909 bits per heavy atom. The van der Waals surface area contributed by atoms with Crippen LogP contribution in [0.3, 0.4) is 0 Å². The molecule has 0 radical (unpaired) electrons. The van der Waals surface area contributed by atoms with Gasteiger partial charge in [-0.05, 0) is 0 Å². The van der Waals surface area contributed by atoms with Crippen LogP contribution < -0.4 is 0 Å². The summed E-state index contributed by atoms with van der Waals surface area (Å²) >= 11 is 0. The van der Waals surface area contributed by atoms with Gasteiger partial charge in [-0.3, -0.25) is 0 Å². The molecule has 0 saturated carbocycles. The van der Waals surface area contributed by atoms with Crippen LogP contribution in [0.1, 0.15) is 0 Å². The van der Waals surface area contributed by atoms with Gasteiger partial charge in [-0.15, -0.1) is 0 Å². The first-order chi connectivity index (χ1) is 9.21. The quantitative estimate of drug-likeness (QED) is 0.522. The molecular weight excluding hydrogens is 366 g/mol. The molecule has 0 aromatic rings. The van der Waals surface area contributed by atoms with Crippen LogP contribution in [0.5, 0.6) is 0 Å². The fourth-order valence-corrected chi connectivity index (χ4v) is 1.49. The highest BCUT2D eigenvalue weighted by Crippen LogP contribution is 2.73. The number of ether oxygens (including phenoxy) is 1. The van der Waals surface area contributed by atoms with E-state index in [1.807, 2.05) is 0 Å². The SMILES string of the molecule is FC(F)(F)C(F)(F)C(F)(F)C1(F)OC1(C(F)(F)F)C(F)(F)F. The van der Waals surface area contributed by atoms with Gasteiger partial charge in [0.05, 0.1) is 0 Å². The molecular formula is C7F14O. The predicted octanol–water partition coefficient (Wildman–Crippen LogP) is 4.38. The molecule has 1 aliphatic heterocycles. The van der Waals surface area contributed by atoms with Crippen molar-refractivity contribution in [3.05, 3.63) is 0 Å². The maximum absolute atomic E-state index is 13.2. The summed E-state index contributed by atoms with van der Waals surface area (Å²) < 4.78 is 174. The molecule has 0 aromatic carbocycles. The van der Waals surface area contributed by atoms with E-state index in [0.29, 0.717) is 0 Å². The van der Waals surface area contributed by atoms with Crippen molar-refractivity contribution in [2.45, 2.75) is 41.8 Å². The lowest BCUT2D eigenvalue weighted by atomic mass is 9.93. The summed E-state index contributed by atoms with van der Waals surface area (Å²) in [5, 5.41) is 0. The topological polar surface area (TPSA) is 12.5 Å². The molecule has 0 aliphatic carbocycles. The van der Waals surface area contributed by atoms with Gasteiger partial charge in [0.25, 0.3) is 0 Å². The Hall–Kier alpha value is -1.02. The lowest BCUT2D eigenvalue weighted by Crippen LogP contribution is -2.64.